The summed E-state index contributed by atoms with van der Waals surface area (Å²) in [5.74, 6) is 1.02. The van der Waals surface area contributed by atoms with Crippen molar-refractivity contribution in [2.24, 2.45) is 5.92 Å². The Labute approximate surface area is 418 Å². The lowest BCUT2D eigenvalue weighted by molar-refractivity contribution is 0.242. The molecule has 3 aromatic carbocycles. The van der Waals surface area contributed by atoms with Gasteiger partial charge < -0.3 is 40.5 Å². The second kappa shape index (κ2) is 22.4. The smallest absolute Gasteiger partial charge is 0.230 e. The van der Waals surface area contributed by atoms with Crippen LogP contribution in [0.1, 0.15) is 86.2 Å². The number of halogens is 5. The van der Waals surface area contributed by atoms with E-state index in [1.54, 1.807) is 36.7 Å². The van der Waals surface area contributed by atoms with E-state index in [0.717, 1.165) is 50.1 Å². The summed E-state index contributed by atoms with van der Waals surface area (Å²) in [6, 6.07) is 14.7. The average molecular weight is 999 g/mol. The lowest BCUT2D eigenvalue weighted by Crippen LogP contribution is -2.30. The Kier molecular flexibility index (Phi) is 16.2. The van der Waals surface area contributed by atoms with E-state index < -0.39 is 11.6 Å². The molecule has 0 spiro atoms. The van der Waals surface area contributed by atoms with Crippen molar-refractivity contribution in [1.29, 1.82) is 0 Å². The first-order valence-corrected chi connectivity index (χ1v) is 24.5. The minimum Gasteiger partial charge on any atom is -0.492 e. The maximum Gasteiger partial charge on any atom is 0.230 e. The van der Waals surface area contributed by atoms with Gasteiger partial charge in [0.2, 0.25) is 11.9 Å². The lowest BCUT2D eigenvalue weighted by Gasteiger charge is -2.29. The Balaban J connectivity index is 0.969. The van der Waals surface area contributed by atoms with Gasteiger partial charge >= 0.3 is 0 Å². The van der Waals surface area contributed by atoms with Crippen molar-refractivity contribution in [3.63, 3.8) is 0 Å². The van der Waals surface area contributed by atoms with Crippen LogP contribution >= 0.6 is 23.2 Å². The van der Waals surface area contributed by atoms with Crippen LogP contribution in [0.3, 0.4) is 0 Å². The van der Waals surface area contributed by atoms with E-state index in [2.05, 4.69) is 53.1 Å². The maximum atomic E-state index is 15.7. The molecule has 6 aromatic rings. The van der Waals surface area contributed by atoms with Crippen molar-refractivity contribution in [1.82, 2.24) is 34.7 Å². The SMILES string of the molecule is Cc1cnc(Nc2cc(F)c(C3CCN(C)CC3)cn2)nc1Nc1ccc(Cl)c(OCC(C)Cc2nc(Nc3cc(F)c(C4CCN(C)CC4)c(F)c3)nc(Nc3ccc(Cl)c(OC(C)C)c3)c2C)c1. The number of pyridine rings is 1. The highest BCUT2D eigenvalue weighted by molar-refractivity contribution is 6.32. The van der Waals surface area contributed by atoms with Crippen LogP contribution in [-0.2, 0) is 6.42 Å². The molecule has 0 amide bonds. The minimum absolute atomic E-state index is 0.0955. The Morgan fingerprint density at radius 1 is 0.657 bits per heavy atom. The normalized spacial score (nSPS) is 15.5. The number of benzene rings is 3. The molecule has 0 radical (unpaired) electrons. The zero-order valence-corrected chi connectivity index (χ0v) is 42.1. The van der Waals surface area contributed by atoms with Crippen molar-refractivity contribution < 1.29 is 22.6 Å². The average Bonchev–Trinajstić information content (AvgIpc) is 3.31. The molecule has 2 fully saturated rings. The molecule has 370 valence electrons. The molecule has 1 atom stereocenters. The lowest BCUT2D eigenvalue weighted by atomic mass is 9.88. The molecule has 70 heavy (non-hydrogen) atoms. The van der Waals surface area contributed by atoms with E-state index in [4.69, 9.17) is 42.6 Å². The van der Waals surface area contributed by atoms with E-state index >= 15 is 13.2 Å². The first-order chi connectivity index (χ1) is 33.5. The summed E-state index contributed by atoms with van der Waals surface area (Å²) >= 11 is 13.1. The summed E-state index contributed by atoms with van der Waals surface area (Å²) in [7, 11) is 4.09. The van der Waals surface area contributed by atoms with Crippen LogP contribution in [-0.4, -0.2) is 87.7 Å². The fourth-order valence-electron chi connectivity index (χ4n) is 8.80. The number of hydrogen-bond donors (Lipinski definition) is 4. The Morgan fingerprint density at radius 2 is 1.26 bits per heavy atom. The second-order valence-electron chi connectivity index (χ2n) is 18.9. The van der Waals surface area contributed by atoms with Crippen molar-refractivity contribution in [3.8, 4) is 11.5 Å². The molecular weight excluding hydrogens is 939 g/mol. The summed E-state index contributed by atoms with van der Waals surface area (Å²) < 4.78 is 58.9. The Morgan fingerprint density at radius 3 is 1.90 bits per heavy atom. The summed E-state index contributed by atoms with van der Waals surface area (Å²) in [5.41, 5.74) is 4.50. The van der Waals surface area contributed by atoms with Crippen LogP contribution in [0.4, 0.5) is 59.6 Å². The van der Waals surface area contributed by atoms with Crippen LogP contribution < -0.4 is 30.7 Å². The number of nitrogens with zero attached hydrogens (tertiary/aromatic N) is 7. The van der Waals surface area contributed by atoms with Crippen LogP contribution in [0, 0.1) is 37.2 Å². The molecule has 2 aliphatic heterocycles. The largest absolute Gasteiger partial charge is 0.492 e. The van der Waals surface area contributed by atoms with Gasteiger partial charge in [-0.2, -0.15) is 9.97 Å². The van der Waals surface area contributed by atoms with E-state index in [9.17, 15) is 0 Å². The van der Waals surface area contributed by atoms with Crippen LogP contribution in [0.2, 0.25) is 10.0 Å². The highest BCUT2D eigenvalue weighted by Crippen LogP contribution is 2.37. The number of anilines is 8. The summed E-state index contributed by atoms with van der Waals surface area (Å²) in [5, 5.41) is 13.7. The molecule has 4 N–H and O–H groups in total. The number of rotatable bonds is 17. The highest BCUT2D eigenvalue weighted by atomic mass is 35.5. The Bertz CT molecular complexity index is 2780. The molecule has 0 bridgehead atoms. The molecule has 5 heterocycles. The van der Waals surface area contributed by atoms with Crippen molar-refractivity contribution in [3.05, 3.63) is 122 Å². The van der Waals surface area contributed by atoms with Gasteiger partial charge in [-0.15, -0.1) is 0 Å². The highest BCUT2D eigenvalue weighted by Gasteiger charge is 2.26. The molecule has 1 unspecified atom stereocenters. The zero-order valence-electron chi connectivity index (χ0n) is 40.6. The number of nitrogens with one attached hydrogen (secondary N) is 4. The second-order valence-corrected chi connectivity index (χ2v) is 19.7. The van der Waals surface area contributed by atoms with Crippen LogP contribution in [0.5, 0.6) is 11.5 Å². The molecule has 3 aromatic heterocycles. The van der Waals surface area contributed by atoms with Crippen molar-refractivity contribution >= 4 is 69.6 Å². The van der Waals surface area contributed by atoms with Gasteiger partial charge in [-0.25, -0.2) is 28.1 Å². The molecule has 0 aliphatic carbocycles. The number of hydrogen-bond acceptors (Lipinski definition) is 13. The molecule has 8 rings (SSSR count). The van der Waals surface area contributed by atoms with Gasteiger partial charge in [0.15, 0.2) is 0 Å². The summed E-state index contributed by atoms with van der Waals surface area (Å²) in [6.07, 6.45) is 6.77. The van der Waals surface area contributed by atoms with E-state index in [0.29, 0.717) is 80.9 Å². The number of aryl methyl sites for hydroxylation is 1. The van der Waals surface area contributed by atoms with Gasteiger partial charge in [0.05, 0.1) is 28.5 Å². The predicted octanol–water partition coefficient (Wildman–Crippen LogP) is 12.6. The third-order valence-electron chi connectivity index (χ3n) is 12.8. The molecular formula is C52H60Cl2F3N11O2. The fraction of sp³-hybridized carbons (Fsp3) is 0.404. The first kappa shape index (κ1) is 50.4. The van der Waals surface area contributed by atoms with E-state index in [1.165, 1.54) is 18.2 Å². The van der Waals surface area contributed by atoms with Gasteiger partial charge in [-0.05, 0) is 154 Å². The number of piperidine rings is 2. The number of likely N-dealkylation sites (tertiary alicyclic amines) is 2. The molecule has 13 nitrogen and oxygen atoms in total. The standard InChI is InChI=1S/C52H60Cl2F3N11O2/c1-29(2)70-46-24-36(9-11-40(46)54)61-50-32(5)44(63-52(66-50)62-37-21-42(56)48(43(57)22-37)34-14-18-68(7)19-15-34)20-30(3)28-69-45-23-35(8-10-39(45)53)60-49-31(4)26-59-51(65-49)64-47-25-41(55)38(27-58-47)33-12-16-67(6)17-13-33/h8-11,21-27,29-30,33-34H,12-20,28H2,1-7H3,(H2,61,62,63,66)(H2,58,59,60,64,65). The maximum absolute atomic E-state index is 15.7. The predicted molar refractivity (Wildman–Crippen MR) is 273 cm³/mol. The monoisotopic (exact) mass is 997 g/mol. The Hall–Kier alpha value is -5.94. The summed E-state index contributed by atoms with van der Waals surface area (Å²) in [6.45, 7) is 13.3. The van der Waals surface area contributed by atoms with Gasteiger partial charge in [0.25, 0.3) is 0 Å². The summed E-state index contributed by atoms with van der Waals surface area (Å²) in [4.78, 5) is 27.6. The van der Waals surface area contributed by atoms with Crippen LogP contribution in [0.25, 0.3) is 0 Å². The molecule has 18 heteroatoms. The van der Waals surface area contributed by atoms with Crippen LogP contribution in [0.15, 0.2) is 67.0 Å². The van der Waals surface area contributed by atoms with E-state index in [-0.39, 0.29) is 59.4 Å². The topological polar surface area (TPSA) is 138 Å². The third kappa shape index (κ3) is 12.7. The zero-order chi connectivity index (χ0) is 49.6. The van der Waals surface area contributed by atoms with Crippen molar-refractivity contribution in [2.45, 2.75) is 84.7 Å². The van der Waals surface area contributed by atoms with Gasteiger partial charge in [-0.3, -0.25) is 0 Å². The first-order valence-electron chi connectivity index (χ1n) is 23.7. The van der Waals surface area contributed by atoms with Gasteiger partial charge in [0, 0.05) is 69.9 Å². The van der Waals surface area contributed by atoms with E-state index in [1.807, 2.05) is 53.8 Å². The fourth-order valence-corrected chi connectivity index (χ4v) is 9.13. The molecule has 2 aliphatic rings. The minimum atomic E-state index is -0.603. The third-order valence-corrected chi connectivity index (χ3v) is 13.4. The van der Waals surface area contributed by atoms with Crippen molar-refractivity contribution in [2.75, 3.05) is 68.1 Å². The molecule has 0 saturated carbocycles. The van der Waals surface area contributed by atoms with Gasteiger partial charge in [0.1, 0.15) is 46.4 Å². The van der Waals surface area contributed by atoms with Gasteiger partial charge in [-0.1, -0.05) is 30.1 Å². The number of ether oxygens (including phenoxy) is 2. The number of aromatic nitrogens is 5. The molecule has 2 saturated heterocycles. The quantitative estimate of drug-likeness (QED) is 0.0690.